The molecule has 0 amide bonds. The number of likely N-dealkylation sites (tertiary alicyclic amines) is 1. The summed E-state index contributed by atoms with van der Waals surface area (Å²) < 4.78 is 12.0. The summed E-state index contributed by atoms with van der Waals surface area (Å²) >= 11 is 3.55. The number of aliphatic carboxylic acids is 1. The van der Waals surface area contributed by atoms with E-state index in [4.69, 9.17) is 9.47 Å². The van der Waals surface area contributed by atoms with Gasteiger partial charge < -0.3 is 14.6 Å². The van der Waals surface area contributed by atoms with Gasteiger partial charge in [-0.25, -0.2) is 0 Å². The molecule has 1 aliphatic heterocycles. The Bertz CT molecular complexity index is 811. The molecule has 2 unspecified atom stereocenters. The standard InChI is InChI=1S/C21H24BrNO4/c1-26-16-7-5-6-14(12-16)20(17-13-15(22)9-10-19(17)27-2)23-11-4-3-8-18(23)21(24)25/h5-7,9-10,12-13,18,20H,3-4,8,11H2,1-2H3,(H,24,25). The van der Waals surface area contributed by atoms with E-state index in [-0.39, 0.29) is 6.04 Å². The summed E-state index contributed by atoms with van der Waals surface area (Å²) in [6, 6.07) is 12.9. The number of carboxylic acids is 1. The molecule has 2 aromatic rings. The van der Waals surface area contributed by atoms with E-state index in [1.165, 1.54) is 0 Å². The average Bonchev–Trinajstić information content (AvgIpc) is 2.69. The van der Waals surface area contributed by atoms with Crippen LogP contribution >= 0.6 is 15.9 Å². The van der Waals surface area contributed by atoms with Gasteiger partial charge >= 0.3 is 5.97 Å². The highest BCUT2D eigenvalue weighted by Gasteiger charge is 2.36. The van der Waals surface area contributed by atoms with Gasteiger partial charge in [-0.3, -0.25) is 9.69 Å². The van der Waals surface area contributed by atoms with E-state index >= 15 is 0 Å². The molecule has 1 aliphatic rings. The van der Waals surface area contributed by atoms with Crippen LogP contribution in [0.3, 0.4) is 0 Å². The summed E-state index contributed by atoms with van der Waals surface area (Å²) in [5, 5.41) is 9.83. The maximum atomic E-state index is 12.0. The molecule has 1 N–H and O–H groups in total. The Balaban J connectivity index is 2.17. The van der Waals surface area contributed by atoms with Crippen LogP contribution in [0, 0.1) is 0 Å². The van der Waals surface area contributed by atoms with Crippen molar-refractivity contribution in [2.45, 2.75) is 31.3 Å². The third-order valence-electron chi connectivity index (χ3n) is 5.06. The van der Waals surface area contributed by atoms with Gasteiger partial charge in [-0.1, -0.05) is 34.5 Å². The Morgan fingerprint density at radius 1 is 1.19 bits per heavy atom. The second-order valence-electron chi connectivity index (χ2n) is 6.65. The van der Waals surface area contributed by atoms with Crippen molar-refractivity contribution in [2.24, 2.45) is 0 Å². The van der Waals surface area contributed by atoms with Gasteiger partial charge in [0.1, 0.15) is 17.5 Å². The fourth-order valence-corrected chi connectivity index (χ4v) is 4.19. The molecule has 5 nitrogen and oxygen atoms in total. The summed E-state index contributed by atoms with van der Waals surface area (Å²) in [5.74, 6) is 0.702. The summed E-state index contributed by atoms with van der Waals surface area (Å²) in [6.45, 7) is 0.717. The Labute approximate surface area is 168 Å². The highest BCUT2D eigenvalue weighted by molar-refractivity contribution is 9.10. The molecule has 0 radical (unpaired) electrons. The van der Waals surface area contributed by atoms with Crippen LogP contribution in [0.5, 0.6) is 11.5 Å². The molecule has 0 bridgehead atoms. The fraction of sp³-hybridized carbons (Fsp3) is 0.381. The highest BCUT2D eigenvalue weighted by atomic mass is 79.9. The van der Waals surface area contributed by atoms with E-state index in [1.807, 2.05) is 42.5 Å². The molecule has 27 heavy (non-hydrogen) atoms. The van der Waals surface area contributed by atoms with Gasteiger partial charge in [0, 0.05) is 10.0 Å². The smallest absolute Gasteiger partial charge is 0.320 e. The zero-order chi connectivity index (χ0) is 19.4. The quantitative estimate of drug-likeness (QED) is 0.726. The molecule has 0 aromatic heterocycles. The molecule has 0 saturated carbocycles. The molecule has 144 valence electrons. The van der Waals surface area contributed by atoms with Crippen molar-refractivity contribution in [1.82, 2.24) is 4.90 Å². The lowest BCUT2D eigenvalue weighted by Crippen LogP contribution is -2.46. The van der Waals surface area contributed by atoms with Gasteiger partial charge in [-0.2, -0.15) is 0 Å². The largest absolute Gasteiger partial charge is 0.497 e. The monoisotopic (exact) mass is 433 g/mol. The Kier molecular flexibility index (Phi) is 6.39. The Morgan fingerprint density at radius 2 is 2.00 bits per heavy atom. The number of methoxy groups -OCH3 is 2. The van der Waals surface area contributed by atoms with E-state index in [2.05, 4.69) is 20.8 Å². The van der Waals surface area contributed by atoms with Gasteiger partial charge in [0.15, 0.2) is 0 Å². The minimum absolute atomic E-state index is 0.242. The number of carboxylic acid groups (broad SMARTS) is 1. The number of rotatable bonds is 6. The predicted octanol–water partition coefficient (Wildman–Crippen LogP) is 4.49. The van der Waals surface area contributed by atoms with Gasteiger partial charge in [0.2, 0.25) is 0 Å². The van der Waals surface area contributed by atoms with Crippen LogP contribution < -0.4 is 9.47 Å². The van der Waals surface area contributed by atoms with Gasteiger partial charge in [-0.15, -0.1) is 0 Å². The van der Waals surface area contributed by atoms with Gasteiger partial charge in [0.25, 0.3) is 0 Å². The lowest BCUT2D eigenvalue weighted by molar-refractivity contribution is -0.145. The molecule has 0 spiro atoms. The molecule has 2 aromatic carbocycles. The second-order valence-corrected chi connectivity index (χ2v) is 7.57. The van der Waals surface area contributed by atoms with Crippen LogP contribution in [0.15, 0.2) is 46.9 Å². The number of ether oxygens (including phenoxy) is 2. The summed E-state index contributed by atoms with van der Waals surface area (Å²) in [6.07, 6.45) is 2.54. The maximum Gasteiger partial charge on any atom is 0.320 e. The summed E-state index contributed by atoms with van der Waals surface area (Å²) in [7, 11) is 3.27. The minimum atomic E-state index is -0.781. The molecule has 1 heterocycles. The molecule has 0 aliphatic carbocycles. The highest BCUT2D eigenvalue weighted by Crippen LogP contribution is 2.40. The van der Waals surface area contributed by atoms with Crippen molar-refractivity contribution in [1.29, 1.82) is 0 Å². The van der Waals surface area contributed by atoms with Crippen LogP contribution in [-0.4, -0.2) is 42.8 Å². The van der Waals surface area contributed by atoms with Crippen molar-refractivity contribution in [3.63, 3.8) is 0 Å². The first-order chi connectivity index (χ1) is 13.0. The first kappa shape index (κ1) is 19.7. The van der Waals surface area contributed by atoms with Crippen LogP contribution in [0.2, 0.25) is 0 Å². The molecule has 1 saturated heterocycles. The molecular weight excluding hydrogens is 410 g/mol. The molecule has 6 heteroatoms. The molecule has 1 fully saturated rings. The third-order valence-corrected chi connectivity index (χ3v) is 5.55. The number of piperidine rings is 1. The number of hydrogen-bond donors (Lipinski definition) is 1. The third kappa shape index (κ3) is 4.28. The molecule has 3 rings (SSSR count). The fourth-order valence-electron chi connectivity index (χ4n) is 3.81. The number of benzene rings is 2. The van der Waals surface area contributed by atoms with Crippen LogP contribution in [0.1, 0.15) is 36.4 Å². The lowest BCUT2D eigenvalue weighted by Gasteiger charge is -2.40. The maximum absolute atomic E-state index is 12.0. The molecule has 2 atom stereocenters. The Morgan fingerprint density at radius 3 is 2.70 bits per heavy atom. The average molecular weight is 434 g/mol. The van der Waals surface area contributed by atoms with Crippen LogP contribution in [0.4, 0.5) is 0 Å². The lowest BCUT2D eigenvalue weighted by atomic mass is 9.91. The Hall–Kier alpha value is -2.05. The topological polar surface area (TPSA) is 59.0 Å². The van der Waals surface area contributed by atoms with Gasteiger partial charge in [-0.05, 0) is 55.3 Å². The first-order valence-electron chi connectivity index (χ1n) is 9.01. The van der Waals surface area contributed by atoms with E-state index in [1.54, 1.807) is 14.2 Å². The van der Waals surface area contributed by atoms with E-state index in [0.29, 0.717) is 13.0 Å². The van der Waals surface area contributed by atoms with Gasteiger partial charge in [0.05, 0.1) is 20.3 Å². The van der Waals surface area contributed by atoms with Crippen molar-refractivity contribution >= 4 is 21.9 Å². The van der Waals surface area contributed by atoms with Crippen LogP contribution in [-0.2, 0) is 4.79 Å². The second kappa shape index (κ2) is 8.76. The number of nitrogens with zero attached hydrogens (tertiary/aromatic N) is 1. The normalized spacial score (nSPS) is 18.7. The van der Waals surface area contributed by atoms with E-state index < -0.39 is 12.0 Å². The number of halogens is 1. The zero-order valence-electron chi connectivity index (χ0n) is 15.5. The summed E-state index contributed by atoms with van der Waals surface area (Å²) in [4.78, 5) is 14.0. The SMILES string of the molecule is COc1cccc(C(c2cc(Br)ccc2OC)N2CCCCC2C(=O)O)c1. The summed E-state index contributed by atoms with van der Waals surface area (Å²) in [5.41, 5.74) is 1.92. The molecular formula is C21H24BrNO4. The number of hydrogen-bond acceptors (Lipinski definition) is 4. The van der Waals surface area contributed by atoms with Crippen molar-refractivity contribution in [3.05, 3.63) is 58.1 Å². The van der Waals surface area contributed by atoms with Crippen LogP contribution in [0.25, 0.3) is 0 Å². The van der Waals surface area contributed by atoms with E-state index in [0.717, 1.165) is 39.9 Å². The van der Waals surface area contributed by atoms with E-state index in [9.17, 15) is 9.90 Å². The predicted molar refractivity (Wildman–Crippen MR) is 108 cm³/mol. The first-order valence-corrected chi connectivity index (χ1v) is 9.80. The minimum Gasteiger partial charge on any atom is -0.497 e. The van der Waals surface area contributed by atoms with Crippen molar-refractivity contribution in [3.8, 4) is 11.5 Å². The van der Waals surface area contributed by atoms with Crippen molar-refractivity contribution in [2.75, 3.05) is 20.8 Å². The van der Waals surface area contributed by atoms with Crippen molar-refractivity contribution < 1.29 is 19.4 Å². The number of carbonyl (C=O) groups is 1. The zero-order valence-corrected chi connectivity index (χ0v) is 17.1.